The van der Waals surface area contributed by atoms with Crippen molar-refractivity contribution in [1.82, 2.24) is 15.1 Å². The lowest BCUT2D eigenvalue weighted by molar-refractivity contribution is 0.0658. The summed E-state index contributed by atoms with van der Waals surface area (Å²) in [5.41, 5.74) is 1.13. The third kappa shape index (κ3) is 6.14. The lowest BCUT2D eigenvalue weighted by Gasteiger charge is -2.16. The maximum Gasteiger partial charge on any atom is 0.0700 e. The van der Waals surface area contributed by atoms with Crippen molar-refractivity contribution in [3.05, 3.63) is 18.0 Å². The predicted molar refractivity (Wildman–Crippen MR) is 71.7 cm³/mol. The molecule has 0 amide bonds. The van der Waals surface area contributed by atoms with Crippen LogP contribution in [0.25, 0.3) is 0 Å². The molecule has 5 nitrogen and oxygen atoms in total. The first kappa shape index (κ1) is 15.1. The van der Waals surface area contributed by atoms with E-state index >= 15 is 0 Å². The van der Waals surface area contributed by atoms with E-state index in [1.54, 1.807) is 7.11 Å². The minimum Gasteiger partial charge on any atom is -0.382 e. The van der Waals surface area contributed by atoms with Gasteiger partial charge in [0.25, 0.3) is 0 Å². The molecule has 1 N–H and O–H groups in total. The quantitative estimate of drug-likeness (QED) is 0.634. The molecule has 1 aromatic rings. The standard InChI is InChI=1S/C13H25N3O2/c1-4-14-12(6-8-18-10-9-17-3)11-13-5-7-16(2)15-13/h5,7,12,14H,4,6,8-11H2,1-3H3. The van der Waals surface area contributed by atoms with Gasteiger partial charge < -0.3 is 14.8 Å². The Kier molecular flexibility index (Phi) is 7.64. The van der Waals surface area contributed by atoms with Crippen molar-refractivity contribution in [2.75, 3.05) is 33.5 Å². The summed E-state index contributed by atoms with van der Waals surface area (Å²) in [4.78, 5) is 0. The zero-order valence-corrected chi connectivity index (χ0v) is 11.7. The number of hydrogen-bond acceptors (Lipinski definition) is 4. The number of ether oxygens (including phenoxy) is 2. The number of hydrogen-bond donors (Lipinski definition) is 1. The number of aromatic nitrogens is 2. The van der Waals surface area contributed by atoms with Gasteiger partial charge in [-0.15, -0.1) is 0 Å². The summed E-state index contributed by atoms with van der Waals surface area (Å²) in [5, 5.41) is 7.88. The van der Waals surface area contributed by atoms with Crippen LogP contribution in [0, 0.1) is 0 Å². The number of methoxy groups -OCH3 is 1. The highest BCUT2D eigenvalue weighted by Crippen LogP contribution is 2.03. The maximum absolute atomic E-state index is 5.50. The fraction of sp³-hybridized carbons (Fsp3) is 0.769. The van der Waals surface area contributed by atoms with Gasteiger partial charge in [0.1, 0.15) is 0 Å². The Bertz CT molecular complexity index is 315. The van der Waals surface area contributed by atoms with Gasteiger partial charge in [0.05, 0.1) is 18.9 Å². The molecule has 0 bridgehead atoms. The Hall–Kier alpha value is -0.910. The van der Waals surface area contributed by atoms with E-state index in [0.717, 1.165) is 31.7 Å². The maximum atomic E-state index is 5.50. The molecular weight excluding hydrogens is 230 g/mol. The van der Waals surface area contributed by atoms with Crippen molar-refractivity contribution in [2.24, 2.45) is 7.05 Å². The molecule has 104 valence electrons. The van der Waals surface area contributed by atoms with Crippen molar-refractivity contribution in [2.45, 2.75) is 25.8 Å². The molecule has 0 saturated heterocycles. The molecule has 1 atom stereocenters. The van der Waals surface area contributed by atoms with Gasteiger partial charge in [0.15, 0.2) is 0 Å². The van der Waals surface area contributed by atoms with Crippen molar-refractivity contribution in [1.29, 1.82) is 0 Å². The molecule has 1 rings (SSSR count). The second-order valence-electron chi connectivity index (χ2n) is 4.33. The Labute approximate surface area is 109 Å². The van der Waals surface area contributed by atoms with Gasteiger partial charge in [-0.05, 0) is 19.0 Å². The summed E-state index contributed by atoms with van der Waals surface area (Å²) in [7, 11) is 3.63. The van der Waals surface area contributed by atoms with E-state index in [9.17, 15) is 0 Å². The molecule has 0 aliphatic heterocycles. The van der Waals surface area contributed by atoms with Gasteiger partial charge in [-0.1, -0.05) is 6.92 Å². The van der Waals surface area contributed by atoms with Crippen LogP contribution >= 0.6 is 0 Å². The predicted octanol–water partition coefficient (Wildman–Crippen LogP) is 0.994. The lowest BCUT2D eigenvalue weighted by Crippen LogP contribution is -2.32. The fourth-order valence-corrected chi connectivity index (χ4v) is 1.86. The van der Waals surface area contributed by atoms with Gasteiger partial charge in [-0.3, -0.25) is 4.68 Å². The Balaban J connectivity index is 2.26. The van der Waals surface area contributed by atoms with Crippen LogP contribution in [0.4, 0.5) is 0 Å². The molecule has 18 heavy (non-hydrogen) atoms. The highest BCUT2D eigenvalue weighted by atomic mass is 16.5. The van der Waals surface area contributed by atoms with E-state index in [1.165, 1.54) is 0 Å². The normalized spacial score (nSPS) is 12.8. The van der Waals surface area contributed by atoms with Gasteiger partial charge in [0, 0.05) is 39.4 Å². The molecule has 1 heterocycles. The number of nitrogens with one attached hydrogen (secondary N) is 1. The van der Waals surface area contributed by atoms with Gasteiger partial charge in [0.2, 0.25) is 0 Å². The summed E-state index contributed by atoms with van der Waals surface area (Å²) < 4.78 is 12.3. The van der Waals surface area contributed by atoms with E-state index in [2.05, 4.69) is 23.4 Å². The number of rotatable bonds is 10. The molecule has 0 spiro atoms. The van der Waals surface area contributed by atoms with Gasteiger partial charge >= 0.3 is 0 Å². The minimum absolute atomic E-state index is 0.424. The first-order chi connectivity index (χ1) is 8.76. The van der Waals surface area contributed by atoms with Crippen LogP contribution in [-0.2, 0) is 22.9 Å². The SMILES string of the molecule is CCNC(CCOCCOC)Cc1ccn(C)n1. The molecule has 0 saturated carbocycles. The molecule has 0 fully saturated rings. The molecule has 0 aliphatic rings. The zero-order chi connectivity index (χ0) is 13.2. The summed E-state index contributed by atoms with van der Waals surface area (Å²) >= 11 is 0. The van der Waals surface area contributed by atoms with Crippen LogP contribution in [0.15, 0.2) is 12.3 Å². The second-order valence-corrected chi connectivity index (χ2v) is 4.33. The van der Waals surface area contributed by atoms with Crippen LogP contribution in [0.5, 0.6) is 0 Å². The van der Waals surface area contributed by atoms with E-state index in [-0.39, 0.29) is 0 Å². The van der Waals surface area contributed by atoms with Crippen LogP contribution in [-0.4, -0.2) is 49.3 Å². The molecule has 1 aromatic heterocycles. The first-order valence-electron chi connectivity index (χ1n) is 6.54. The van der Waals surface area contributed by atoms with Crippen molar-refractivity contribution < 1.29 is 9.47 Å². The fourth-order valence-electron chi connectivity index (χ4n) is 1.86. The van der Waals surface area contributed by atoms with Gasteiger partial charge in [-0.2, -0.15) is 5.10 Å². The van der Waals surface area contributed by atoms with Crippen molar-refractivity contribution in [3.63, 3.8) is 0 Å². The Morgan fingerprint density at radius 1 is 1.39 bits per heavy atom. The molecule has 0 aromatic carbocycles. The third-order valence-corrected chi connectivity index (χ3v) is 2.76. The van der Waals surface area contributed by atoms with E-state index in [1.807, 2.05) is 17.9 Å². The largest absolute Gasteiger partial charge is 0.382 e. The third-order valence-electron chi connectivity index (χ3n) is 2.76. The van der Waals surface area contributed by atoms with E-state index < -0.39 is 0 Å². The highest BCUT2D eigenvalue weighted by molar-refractivity contribution is 5.01. The van der Waals surface area contributed by atoms with Crippen molar-refractivity contribution in [3.8, 4) is 0 Å². The van der Waals surface area contributed by atoms with E-state index in [0.29, 0.717) is 19.3 Å². The van der Waals surface area contributed by atoms with Crippen molar-refractivity contribution >= 4 is 0 Å². The summed E-state index contributed by atoms with van der Waals surface area (Å²) in [5.74, 6) is 0. The van der Waals surface area contributed by atoms with E-state index in [4.69, 9.17) is 9.47 Å². The summed E-state index contributed by atoms with van der Waals surface area (Å²) in [6.45, 7) is 5.17. The average molecular weight is 255 g/mol. The highest BCUT2D eigenvalue weighted by Gasteiger charge is 2.10. The van der Waals surface area contributed by atoms with Crippen LogP contribution in [0.3, 0.4) is 0 Å². The van der Waals surface area contributed by atoms with Gasteiger partial charge in [-0.25, -0.2) is 0 Å². The molecule has 0 aliphatic carbocycles. The second kappa shape index (κ2) is 9.08. The Morgan fingerprint density at radius 2 is 2.22 bits per heavy atom. The molecule has 0 radical (unpaired) electrons. The summed E-state index contributed by atoms with van der Waals surface area (Å²) in [6, 6.07) is 2.49. The molecule has 1 unspecified atom stereocenters. The Morgan fingerprint density at radius 3 is 2.83 bits per heavy atom. The monoisotopic (exact) mass is 255 g/mol. The van der Waals surface area contributed by atoms with Crippen LogP contribution < -0.4 is 5.32 Å². The zero-order valence-electron chi connectivity index (χ0n) is 11.7. The average Bonchev–Trinajstić information content (AvgIpc) is 2.75. The minimum atomic E-state index is 0.424. The smallest absolute Gasteiger partial charge is 0.0700 e. The molecular formula is C13H25N3O2. The first-order valence-corrected chi connectivity index (χ1v) is 6.54. The number of likely N-dealkylation sites (N-methyl/N-ethyl adjacent to an activating group) is 1. The summed E-state index contributed by atoms with van der Waals surface area (Å²) in [6.07, 6.45) is 3.92. The van der Waals surface area contributed by atoms with Crippen LogP contribution in [0.2, 0.25) is 0 Å². The number of aryl methyl sites for hydroxylation is 1. The topological polar surface area (TPSA) is 48.3 Å². The number of nitrogens with zero attached hydrogens (tertiary/aromatic N) is 2. The molecule has 5 heteroatoms. The van der Waals surface area contributed by atoms with Crippen LogP contribution in [0.1, 0.15) is 19.0 Å². The lowest BCUT2D eigenvalue weighted by atomic mass is 10.1.